The first-order chi connectivity index (χ1) is 9.97. The number of carbonyl (C=O) groups excluding carboxylic acids is 1. The highest BCUT2D eigenvalue weighted by atomic mass is 16.2. The van der Waals surface area contributed by atoms with Gasteiger partial charge in [0.05, 0.1) is 19.2 Å². The van der Waals surface area contributed by atoms with Crippen LogP contribution in [0.15, 0.2) is 24.3 Å². The van der Waals surface area contributed by atoms with Gasteiger partial charge in [-0.05, 0) is 24.2 Å². The maximum absolute atomic E-state index is 12.1. The number of hydrogen-bond donors (Lipinski definition) is 0. The van der Waals surface area contributed by atoms with Crippen molar-refractivity contribution in [2.75, 3.05) is 45.7 Å². The maximum atomic E-state index is 12.1. The van der Waals surface area contributed by atoms with E-state index in [1.54, 1.807) is 11.9 Å². The van der Waals surface area contributed by atoms with Crippen molar-refractivity contribution in [1.82, 2.24) is 9.80 Å². The van der Waals surface area contributed by atoms with Crippen LogP contribution in [0, 0.1) is 11.3 Å². The molecule has 21 heavy (non-hydrogen) atoms. The fraction of sp³-hybridized carbons (Fsp3) is 0.500. The molecule has 1 aromatic rings. The average molecular weight is 288 g/mol. The van der Waals surface area contributed by atoms with Crippen molar-refractivity contribution in [3.8, 4) is 6.07 Å². The Labute approximate surface area is 127 Å². The molecule has 0 saturated carbocycles. The summed E-state index contributed by atoms with van der Waals surface area (Å²) in [6.45, 7) is 3.80. The van der Waals surface area contributed by atoms with E-state index in [9.17, 15) is 4.79 Å². The summed E-state index contributed by atoms with van der Waals surface area (Å²) in [5, 5.41) is 8.70. The molecule has 0 aromatic heterocycles. The lowest BCUT2D eigenvalue weighted by atomic mass is 10.2. The standard InChI is InChI=1S/C16H24N4O/c1-5-20(11-10-17)13-16(21)19(4)12-14-6-8-15(9-7-14)18(2)3/h6-9H,5,11-13H2,1-4H3. The van der Waals surface area contributed by atoms with Gasteiger partial charge in [-0.25, -0.2) is 0 Å². The number of nitrogens with zero attached hydrogens (tertiary/aromatic N) is 4. The predicted octanol–water partition coefficient (Wildman–Crippen LogP) is 1.56. The first kappa shape index (κ1) is 17.0. The Morgan fingerprint density at radius 2 is 1.81 bits per heavy atom. The summed E-state index contributed by atoms with van der Waals surface area (Å²) in [5.41, 5.74) is 2.23. The third-order valence-electron chi connectivity index (χ3n) is 3.40. The van der Waals surface area contributed by atoms with Crippen LogP contribution in [-0.2, 0) is 11.3 Å². The Morgan fingerprint density at radius 3 is 2.29 bits per heavy atom. The SMILES string of the molecule is CCN(CC#N)CC(=O)N(C)Cc1ccc(N(C)C)cc1. The van der Waals surface area contributed by atoms with Gasteiger partial charge in [0.25, 0.3) is 0 Å². The molecule has 0 atom stereocenters. The molecule has 0 radical (unpaired) electrons. The molecule has 0 aliphatic heterocycles. The Morgan fingerprint density at radius 1 is 1.19 bits per heavy atom. The summed E-state index contributed by atoms with van der Waals surface area (Å²) < 4.78 is 0. The molecule has 114 valence electrons. The maximum Gasteiger partial charge on any atom is 0.236 e. The largest absolute Gasteiger partial charge is 0.378 e. The lowest BCUT2D eigenvalue weighted by Crippen LogP contribution is -2.38. The number of anilines is 1. The van der Waals surface area contributed by atoms with E-state index in [0.717, 1.165) is 11.3 Å². The van der Waals surface area contributed by atoms with E-state index >= 15 is 0 Å². The quantitative estimate of drug-likeness (QED) is 0.714. The molecular weight excluding hydrogens is 264 g/mol. The molecule has 0 bridgehead atoms. The van der Waals surface area contributed by atoms with Crippen LogP contribution in [0.4, 0.5) is 5.69 Å². The van der Waals surface area contributed by atoms with Gasteiger partial charge in [-0.3, -0.25) is 9.69 Å². The van der Waals surface area contributed by atoms with Crippen molar-refractivity contribution in [1.29, 1.82) is 5.26 Å². The Bertz CT molecular complexity index is 490. The van der Waals surface area contributed by atoms with E-state index in [0.29, 0.717) is 13.1 Å². The molecule has 0 unspecified atom stereocenters. The molecule has 1 amide bonds. The molecule has 5 nitrogen and oxygen atoms in total. The van der Waals surface area contributed by atoms with Gasteiger partial charge in [-0.2, -0.15) is 5.26 Å². The summed E-state index contributed by atoms with van der Waals surface area (Å²) >= 11 is 0. The normalized spacial score (nSPS) is 10.3. The molecule has 0 fully saturated rings. The number of rotatable bonds is 7. The molecule has 5 heteroatoms. The number of nitriles is 1. The molecule has 0 aliphatic carbocycles. The van der Waals surface area contributed by atoms with Crippen molar-refractivity contribution >= 4 is 11.6 Å². The fourth-order valence-electron chi connectivity index (χ4n) is 1.95. The highest BCUT2D eigenvalue weighted by Gasteiger charge is 2.13. The third kappa shape index (κ3) is 5.44. The van der Waals surface area contributed by atoms with Crippen LogP contribution in [-0.4, -0.2) is 56.5 Å². The third-order valence-corrected chi connectivity index (χ3v) is 3.40. The Kier molecular flexibility index (Phi) is 6.70. The molecule has 0 heterocycles. The molecule has 1 rings (SSSR count). The Balaban J connectivity index is 2.57. The Hall–Kier alpha value is -2.06. The zero-order valence-electron chi connectivity index (χ0n) is 13.3. The minimum Gasteiger partial charge on any atom is -0.378 e. The highest BCUT2D eigenvalue weighted by Crippen LogP contribution is 2.13. The zero-order chi connectivity index (χ0) is 15.8. The van der Waals surface area contributed by atoms with Gasteiger partial charge >= 0.3 is 0 Å². The second-order valence-corrected chi connectivity index (χ2v) is 5.27. The topological polar surface area (TPSA) is 50.6 Å². The second kappa shape index (κ2) is 8.28. The molecule has 1 aromatic carbocycles. The van der Waals surface area contributed by atoms with Gasteiger partial charge in [-0.1, -0.05) is 19.1 Å². The summed E-state index contributed by atoms with van der Waals surface area (Å²) in [7, 11) is 5.79. The lowest BCUT2D eigenvalue weighted by molar-refractivity contribution is -0.131. The van der Waals surface area contributed by atoms with Crippen molar-refractivity contribution in [3.05, 3.63) is 29.8 Å². The van der Waals surface area contributed by atoms with Crippen molar-refractivity contribution in [3.63, 3.8) is 0 Å². The first-order valence-electron chi connectivity index (χ1n) is 7.07. The van der Waals surface area contributed by atoms with Crippen molar-refractivity contribution in [2.24, 2.45) is 0 Å². The van der Waals surface area contributed by atoms with Gasteiger partial charge in [0, 0.05) is 33.4 Å². The average Bonchev–Trinajstić information content (AvgIpc) is 2.47. The van der Waals surface area contributed by atoms with Gasteiger partial charge < -0.3 is 9.80 Å². The van der Waals surface area contributed by atoms with Crippen LogP contribution in [0.3, 0.4) is 0 Å². The number of hydrogen-bond acceptors (Lipinski definition) is 4. The van der Waals surface area contributed by atoms with E-state index in [2.05, 4.69) is 6.07 Å². The van der Waals surface area contributed by atoms with Crippen molar-refractivity contribution in [2.45, 2.75) is 13.5 Å². The zero-order valence-corrected chi connectivity index (χ0v) is 13.3. The first-order valence-corrected chi connectivity index (χ1v) is 7.07. The van der Waals surface area contributed by atoms with Crippen LogP contribution in [0.1, 0.15) is 12.5 Å². The number of carbonyl (C=O) groups is 1. The second-order valence-electron chi connectivity index (χ2n) is 5.27. The minimum absolute atomic E-state index is 0.0313. The number of amides is 1. The van der Waals surface area contributed by atoms with E-state index in [1.807, 2.05) is 55.1 Å². The minimum atomic E-state index is 0.0313. The molecule has 0 aliphatic rings. The van der Waals surface area contributed by atoms with Gasteiger partial charge in [-0.15, -0.1) is 0 Å². The van der Waals surface area contributed by atoms with Crippen LogP contribution in [0.2, 0.25) is 0 Å². The smallest absolute Gasteiger partial charge is 0.236 e. The number of likely N-dealkylation sites (N-methyl/N-ethyl adjacent to an activating group) is 2. The van der Waals surface area contributed by atoms with Crippen LogP contribution in [0.25, 0.3) is 0 Å². The summed E-state index contributed by atoms with van der Waals surface area (Å²) in [4.78, 5) is 17.7. The molecule has 0 saturated heterocycles. The van der Waals surface area contributed by atoms with Gasteiger partial charge in [0.2, 0.25) is 5.91 Å². The van der Waals surface area contributed by atoms with E-state index < -0.39 is 0 Å². The molecule has 0 spiro atoms. The van der Waals surface area contributed by atoms with E-state index in [4.69, 9.17) is 5.26 Å². The summed E-state index contributed by atoms with van der Waals surface area (Å²) in [6.07, 6.45) is 0. The van der Waals surface area contributed by atoms with Gasteiger partial charge in [0.1, 0.15) is 0 Å². The summed E-state index contributed by atoms with van der Waals surface area (Å²) in [5.74, 6) is 0.0313. The van der Waals surface area contributed by atoms with Crippen LogP contribution in [0.5, 0.6) is 0 Å². The van der Waals surface area contributed by atoms with Crippen molar-refractivity contribution < 1.29 is 4.79 Å². The lowest BCUT2D eigenvalue weighted by Gasteiger charge is -2.22. The molecule has 0 N–H and O–H groups in total. The predicted molar refractivity (Wildman–Crippen MR) is 85.0 cm³/mol. The molecular formula is C16H24N4O. The number of benzene rings is 1. The fourth-order valence-corrected chi connectivity index (χ4v) is 1.95. The summed E-state index contributed by atoms with van der Waals surface area (Å²) in [6, 6.07) is 10.2. The monoisotopic (exact) mass is 288 g/mol. The van der Waals surface area contributed by atoms with Gasteiger partial charge in [0.15, 0.2) is 0 Å². The van der Waals surface area contributed by atoms with Crippen LogP contribution < -0.4 is 4.90 Å². The van der Waals surface area contributed by atoms with E-state index in [1.165, 1.54) is 0 Å². The highest BCUT2D eigenvalue weighted by molar-refractivity contribution is 5.78. The van der Waals surface area contributed by atoms with Crippen LogP contribution >= 0.6 is 0 Å². The van der Waals surface area contributed by atoms with E-state index in [-0.39, 0.29) is 19.0 Å².